The highest BCUT2D eigenvalue weighted by molar-refractivity contribution is 4.83. The molecule has 3 nitrogen and oxygen atoms in total. The molecule has 0 aromatic rings. The Bertz CT molecular complexity index is 259. The number of methoxy groups -OCH3 is 1. The monoisotopic (exact) mass is 268 g/mol. The molecule has 0 radical (unpaired) electrons. The predicted molar refractivity (Wildman–Crippen MR) is 80.4 cm³/mol. The van der Waals surface area contributed by atoms with E-state index in [-0.39, 0.29) is 0 Å². The second-order valence-corrected chi connectivity index (χ2v) is 6.82. The molecule has 3 heteroatoms. The minimum absolute atomic E-state index is 0.777. The summed E-state index contributed by atoms with van der Waals surface area (Å²) in [7, 11) is 1.79. The lowest BCUT2D eigenvalue weighted by Crippen LogP contribution is -2.39. The van der Waals surface area contributed by atoms with Crippen molar-refractivity contribution in [2.75, 3.05) is 39.9 Å². The van der Waals surface area contributed by atoms with E-state index in [1.807, 2.05) is 0 Å². The molecule has 1 aliphatic heterocycles. The summed E-state index contributed by atoms with van der Waals surface area (Å²) in [6.07, 6.45) is 5.52. The van der Waals surface area contributed by atoms with Gasteiger partial charge in [-0.05, 0) is 56.5 Å². The van der Waals surface area contributed by atoms with Crippen LogP contribution in [0.2, 0.25) is 0 Å². The Labute approximate surface area is 119 Å². The minimum atomic E-state index is 0.777. The highest BCUT2D eigenvalue weighted by atomic mass is 16.5. The van der Waals surface area contributed by atoms with Crippen molar-refractivity contribution in [1.82, 2.24) is 10.2 Å². The SMILES string of the molecule is COCCN1CC[C@H](CN[C@@H]2CC[C@H](C)[C@@H](C)C2)C1. The van der Waals surface area contributed by atoms with Gasteiger partial charge in [-0.2, -0.15) is 0 Å². The molecule has 1 aliphatic carbocycles. The molecule has 4 atom stereocenters. The van der Waals surface area contributed by atoms with Crippen LogP contribution in [0.4, 0.5) is 0 Å². The molecule has 1 saturated heterocycles. The fraction of sp³-hybridized carbons (Fsp3) is 1.00. The largest absolute Gasteiger partial charge is 0.383 e. The third-order valence-electron chi connectivity index (χ3n) is 5.27. The zero-order valence-electron chi connectivity index (χ0n) is 13.0. The van der Waals surface area contributed by atoms with E-state index in [4.69, 9.17) is 4.74 Å². The van der Waals surface area contributed by atoms with Crippen LogP contribution in [0.5, 0.6) is 0 Å². The maximum Gasteiger partial charge on any atom is 0.0589 e. The second kappa shape index (κ2) is 7.61. The van der Waals surface area contributed by atoms with Crippen LogP contribution < -0.4 is 5.32 Å². The number of ether oxygens (including phenoxy) is 1. The summed E-state index contributed by atoms with van der Waals surface area (Å²) in [4.78, 5) is 2.54. The number of nitrogens with one attached hydrogen (secondary N) is 1. The number of rotatable bonds is 6. The van der Waals surface area contributed by atoms with Gasteiger partial charge in [0, 0.05) is 26.2 Å². The molecular weight excluding hydrogens is 236 g/mol. The Kier molecular flexibility index (Phi) is 6.11. The van der Waals surface area contributed by atoms with Crippen LogP contribution in [0, 0.1) is 17.8 Å². The lowest BCUT2D eigenvalue weighted by atomic mass is 9.79. The molecule has 2 rings (SSSR count). The molecule has 0 aromatic carbocycles. The fourth-order valence-electron chi connectivity index (χ4n) is 3.57. The Morgan fingerprint density at radius 3 is 2.74 bits per heavy atom. The molecular formula is C16H32N2O. The summed E-state index contributed by atoms with van der Waals surface area (Å²) in [5.74, 6) is 2.67. The van der Waals surface area contributed by atoms with Crippen LogP contribution in [0.25, 0.3) is 0 Å². The van der Waals surface area contributed by atoms with Gasteiger partial charge in [0.15, 0.2) is 0 Å². The van der Waals surface area contributed by atoms with Gasteiger partial charge in [0.1, 0.15) is 0 Å². The van der Waals surface area contributed by atoms with Crippen LogP contribution in [0.3, 0.4) is 0 Å². The van der Waals surface area contributed by atoms with E-state index in [1.165, 1.54) is 45.3 Å². The van der Waals surface area contributed by atoms with E-state index >= 15 is 0 Å². The van der Waals surface area contributed by atoms with Gasteiger partial charge in [-0.3, -0.25) is 0 Å². The zero-order chi connectivity index (χ0) is 13.7. The van der Waals surface area contributed by atoms with Crippen molar-refractivity contribution < 1.29 is 4.74 Å². The van der Waals surface area contributed by atoms with E-state index < -0.39 is 0 Å². The average Bonchev–Trinajstić information content (AvgIpc) is 2.86. The van der Waals surface area contributed by atoms with Gasteiger partial charge in [0.2, 0.25) is 0 Å². The van der Waals surface area contributed by atoms with Crippen LogP contribution in [0.1, 0.15) is 39.5 Å². The first kappa shape index (κ1) is 15.3. The maximum absolute atomic E-state index is 5.16. The van der Waals surface area contributed by atoms with Crippen molar-refractivity contribution in [3.8, 4) is 0 Å². The maximum atomic E-state index is 5.16. The molecule has 1 saturated carbocycles. The van der Waals surface area contributed by atoms with Gasteiger partial charge in [-0.1, -0.05) is 13.8 Å². The van der Waals surface area contributed by atoms with Gasteiger partial charge in [0.05, 0.1) is 6.61 Å². The molecule has 0 amide bonds. The molecule has 1 heterocycles. The predicted octanol–water partition coefficient (Wildman–Crippen LogP) is 2.37. The smallest absolute Gasteiger partial charge is 0.0589 e. The topological polar surface area (TPSA) is 24.5 Å². The van der Waals surface area contributed by atoms with Gasteiger partial charge in [-0.25, -0.2) is 0 Å². The summed E-state index contributed by atoms with van der Waals surface area (Å²) in [5.41, 5.74) is 0. The molecule has 0 aromatic heterocycles. The molecule has 0 bridgehead atoms. The van der Waals surface area contributed by atoms with Crippen LogP contribution >= 0.6 is 0 Å². The first-order valence-corrected chi connectivity index (χ1v) is 8.13. The molecule has 1 N–H and O–H groups in total. The third kappa shape index (κ3) is 4.73. The average molecular weight is 268 g/mol. The first-order chi connectivity index (χ1) is 9.19. The highest BCUT2D eigenvalue weighted by Gasteiger charge is 2.26. The molecule has 112 valence electrons. The van der Waals surface area contributed by atoms with Gasteiger partial charge < -0.3 is 15.0 Å². The highest BCUT2D eigenvalue weighted by Crippen LogP contribution is 2.29. The van der Waals surface area contributed by atoms with E-state index in [9.17, 15) is 0 Å². The van der Waals surface area contributed by atoms with E-state index in [0.717, 1.165) is 36.9 Å². The summed E-state index contributed by atoms with van der Waals surface area (Å²) in [6.45, 7) is 10.5. The summed E-state index contributed by atoms with van der Waals surface area (Å²) < 4.78 is 5.16. The molecule has 0 unspecified atom stereocenters. The van der Waals surface area contributed by atoms with Crippen LogP contribution in [-0.4, -0.2) is 50.8 Å². The lowest BCUT2D eigenvalue weighted by molar-refractivity contribution is 0.158. The van der Waals surface area contributed by atoms with Crippen molar-refractivity contribution in [2.24, 2.45) is 17.8 Å². The summed E-state index contributed by atoms with van der Waals surface area (Å²) in [6, 6.07) is 0.777. The minimum Gasteiger partial charge on any atom is -0.383 e. The van der Waals surface area contributed by atoms with Crippen molar-refractivity contribution in [3.63, 3.8) is 0 Å². The standard InChI is InChI=1S/C16H32N2O/c1-13-4-5-16(10-14(13)2)17-11-15-6-7-18(12-15)8-9-19-3/h13-17H,4-12H2,1-3H3/t13-,14-,15+,16+/m0/s1. The number of hydrogen-bond acceptors (Lipinski definition) is 3. The van der Waals surface area contributed by atoms with E-state index in [2.05, 4.69) is 24.1 Å². The van der Waals surface area contributed by atoms with Gasteiger partial charge in [0.25, 0.3) is 0 Å². The molecule has 19 heavy (non-hydrogen) atoms. The summed E-state index contributed by atoms with van der Waals surface area (Å²) in [5, 5.41) is 3.83. The Morgan fingerprint density at radius 1 is 1.16 bits per heavy atom. The third-order valence-corrected chi connectivity index (χ3v) is 5.27. The molecule has 2 aliphatic rings. The number of nitrogens with zero attached hydrogens (tertiary/aromatic N) is 1. The van der Waals surface area contributed by atoms with Crippen LogP contribution in [-0.2, 0) is 4.74 Å². The van der Waals surface area contributed by atoms with Crippen LogP contribution in [0.15, 0.2) is 0 Å². The van der Waals surface area contributed by atoms with Gasteiger partial charge >= 0.3 is 0 Å². The van der Waals surface area contributed by atoms with Crippen molar-refractivity contribution >= 4 is 0 Å². The molecule has 2 fully saturated rings. The number of hydrogen-bond donors (Lipinski definition) is 1. The lowest BCUT2D eigenvalue weighted by Gasteiger charge is -2.33. The first-order valence-electron chi connectivity index (χ1n) is 8.13. The Balaban J connectivity index is 1.61. The van der Waals surface area contributed by atoms with Gasteiger partial charge in [-0.15, -0.1) is 0 Å². The normalized spacial score (nSPS) is 36.8. The Hall–Kier alpha value is -0.120. The fourth-order valence-corrected chi connectivity index (χ4v) is 3.57. The molecule has 0 spiro atoms. The second-order valence-electron chi connectivity index (χ2n) is 6.82. The van der Waals surface area contributed by atoms with Crippen molar-refractivity contribution in [3.05, 3.63) is 0 Å². The van der Waals surface area contributed by atoms with Crippen molar-refractivity contribution in [2.45, 2.75) is 45.6 Å². The number of likely N-dealkylation sites (tertiary alicyclic amines) is 1. The Morgan fingerprint density at radius 2 is 2.00 bits per heavy atom. The summed E-state index contributed by atoms with van der Waals surface area (Å²) >= 11 is 0. The quantitative estimate of drug-likeness (QED) is 0.800. The zero-order valence-corrected chi connectivity index (χ0v) is 13.0. The van der Waals surface area contributed by atoms with Crippen molar-refractivity contribution in [1.29, 1.82) is 0 Å². The van der Waals surface area contributed by atoms with E-state index in [1.54, 1.807) is 7.11 Å². The van der Waals surface area contributed by atoms with E-state index in [0.29, 0.717) is 0 Å².